The fourth-order valence-electron chi connectivity index (χ4n) is 2.40. The molecule has 5 heteroatoms. The van der Waals surface area contributed by atoms with E-state index >= 15 is 0 Å². The van der Waals surface area contributed by atoms with Gasteiger partial charge in [0.2, 0.25) is 0 Å². The molecule has 0 atom stereocenters. The van der Waals surface area contributed by atoms with Crippen LogP contribution in [0.4, 0.5) is 0 Å². The quantitative estimate of drug-likeness (QED) is 0.476. The van der Waals surface area contributed by atoms with E-state index in [1.54, 1.807) is 31.5 Å². The minimum atomic E-state index is 0.0880. The third-order valence-electron chi connectivity index (χ3n) is 3.57. The van der Waals surface area contributed by atoms with Crippen LogP contribution >= 0.6 is 0 Å². The van der Waals surface area contributed by atoms with E-state index in [0.29, 0.717) is 11.5 Å². The molecule has 0 unspecified atom stereocenters. The Bertz CT molecular complexity index is 673. The summed E-state index contributed by atoms with van der Waals surface area (Å²) in [5.74, 6) is 1.42. The van der Waals surface area contributed by atoms with Crippen molar-refractivity contribution >= 4 is 18.1 Å². The average molecular weight is 314 g/mol. The highest BCUT2D eigenvalue weighted by Crippen LogP contribution is 2.31. The first-order chi connectivity index (χ1) is 11.0. The number of carbonyl (C=O) groups is 1. The highest BCUT2D eigenvalue weighted by Gasteiger charge is 2.22. The van der Waals surface area contributed by atoms with E-state index in [1.807, 2.05) is 38.4 Å². The van der Waals surface area contributed by atoms with E-state index in [1.165, 1.54) is 0 Å². The molecule has 23 heavy (non-hydrogen) atoms. The topological polar surface area (TPSA) is 51.1 Å². The number of ether oxygens (including phenoxy) is 2. The SMILES string of the molecule is COc1ccc(/C=C2\CC/C(=C\C=N/N(C)C)C2=O)cc1OC. The monoisotopic (exact) mass is 314 g/mol. The molecule has 1 fully saturated rings. The van der Waals surface area contributed by atoms with E-state index < -0.39 is 0 Å². The summed E-state index contributed by atoms with van der Waals surface area (Å²) in [6.07, 6.45) is 6.85. The number of carbonyl (C=O) groups excluding carboxylic acids is 1. The molecule has 0 spiro atoms. The Kier molecular flexibility index (Phi) is 5.57. The van der Waals surface area contributed by atoms with E-state index in [2.05, 4.69) is 5.10 Å². The summed E-state index contributed by atoms with van der Waals surface area (Å²) in [6.45, 7) is 0. The maximum Gasteiger partial charge on any atom is 0.185 e. The summed E-state index contributed by atoms with van der Waals surface area (Å²) >= 11 is 0. The van der Waals surface area contributed by atoms with Crippen molar-refractivity contribution in [1.82, 2.24) is 5.01 Å². The average Bonchev–Trinajstić information content (AvgIpc) is 2.87. The molecule has 0 aliphatic heterocycles. The molecule has 2 rings (SSSR count). The molecule has 5 nitrogen and oxygen atoms in total. The molecule has 0 N–H and O–H groups in total. The molecule has 0 amide bonds. The van der Waals surface area contributed by atoms with Gasteiger partial charge < -0.3 is 14.5 Å². The number of benzene rings is 1. The number of rotatable bonds is 5. The fraction of sp³-hybridized carbons (Fsp3) is 0.333. The number of nitrogens with zero attached hydrogens (tertiary/aromatic N) is 2. The number of ketones is 1. The van der Waals surface area contributed by atoms with Crippen LogP contribution in [0.15, 0.2) is 40.5 Å². The van der Waals surface area contributed by atoms with Crippen LogP contribution in [0.5, 0.6) is 11.5 Å². The molecule has 1 aromatic carbocycles. The van der Waals surface area contributed by atoms with Gasteiger partial charge in [-0.3, -0.25) is 4.79 Å². The van der Waals surface area contributed by atoms with Crippen molar-refractivity contribution in [3.05, 3.63) is 41.0 Å². The molecule has 0 bridgehead atoms. The van der Waals surface area contributed by atoms with Crippen molar-refractivity contribution in [2.45, 2.75) is 12.8 Å². The van der Waals surface area contributed by atoms with Crippen LogP contribution in [0.2, 0.25) is 0 Å². The van der Waals surface area contributed by atoms with Crippen LogP contribution in [-0.4, -0.2) is 45.3 Å². The van der Waals surface area contributed by atoms with Gasteiger partial charge in [-0.25, -0.2) is 0 Å². The molecular formula is C18H22N2O3. The molecule has 0 heterocycles. The Morgan fingerprint density at radius 2 is 1.78 bits per heavy atom. The molecule has 1 aliphatic carbocycles. The third kappa shape index (κ3) is 4.22. The minimum absolute atomic E-state index is 0.0880. The Hall–Kier alpha value is -2.56. The summed E-state index contributed by atoms with van der Waals surface area (Å²) < 4.78 is 10.5. The fourth-order valence-corrected chi connectivity index (χ4v) is 2.40. The third-order valence-corrected chi connectivity index (χ3v) is 3.57. The zero-order chi connectivity index (χ0) is 16.8. The lowest BCUT2D eigenvalue weighted by molar-refractivity contribution is -0.111. The molecule has 122 valence electrons. The van der Waals surface area contributed by atoms with E-state index in [-0.39, 0.29) is 5.78 Å². The second-order valence-corrected chi connectivity index (χ2v) is 5.42. The van der Waals surface area contributed by atoms with Crippen LogP contribution in [0.3, 0.4) is 0 Å². The lowest BCUT2D eigenvalue weighted by Gasteiger charge is -2.08. The number of hydrogen-bond donors (Lipinski definition) is 0. The van der Waals surface area contributed by atoms with Crippen molar-refractivity contribution in [2.75, 3.05) is 28.3 Å². The van der Waals surface area contributed by atoms with Crippen molar-refractivity contribution in [3.8, 4) is 11.5 Å². The second-order valence-electron chi connectivity index (χ2n) is 5.42. The molecular weight excluding hydrogens is 292 g/mol. The summed E-state index contributed by atoms with van der Waals surface area (Å²) in [7, 11) is 6.88. The summed E-state index contributed by atoms with van der Waals surface area (Å²) in [5.41, 5.74) is 2.53. The van der Waals surface area contributed by atoms with Gasteiger partial charge in [0.15, 0.2) is 17.3 Å². The Morgan fingerprint density at radius 3 is 2.43 bits per heavy atom. The predicted molar refractivity (Wildman–Crippen MR) is 92.0 cm³/mol. The van der Waals surface area contributed by atoms with Gasteiger partial charge in [-0.15, -0.1) is 0 Å². The van der Waals surface area contributed by atoms with Gasteiger partial charge in [0.1, 0.15) is 0 Å². The normalized spacial score (nSPS) is 18.2. The summed E-state index contributed by atoms with van der Waals surface area (Å²) in [5, 5.41) is 5.79. The lowest BCUT2D eigenvalue weighted by Crippen LogP contribution is -2.01. The van der Waals surface area contributed by atoms with Crippen molar-refractivity contribution in [1.29, 1.82) is 0 Å². The van der Waals surface area contributed by atoms with Crippen molar-refractivity contribution in [2.24, 2.45) is 5.10 Å². The van der Waals surface area contributed by atoms with Gasteiger partial charge in [-0.05, 0) is 42.7 Å². The van der Waals surface area contributed by atoms with Crippen LogP contribution < -0.4 is 9.47 Å². The van der Waals surface area contributed by atoms with Gasteiger partial charge in [-0.2, -0.15) is 5.10 Å². The Morgan fingerprint density at radius 1 is 1.09 bits per heavy atom. The van der Waals surface area contributed by atoms with E-state index in [9.17, 15) is 4.79 Å². The smallest absolute Gasteiger partial charge is 0.185 e. The van der Waals surface area contributed by atoms with Crippen LogP contribution in [0, 0.1) is 0 Å². The van der Waals surface area contributed by atoms with Gasteiger partial charge >= 0.3 is 0 Å². The maximum absolute atomic E-state index is 12.4. The first kappa shape index (κ1) is 16.8. The number of hydrazone groups is 1. The molecule has 0 saturated heterocycles. The minimum Gasteiger partial charge on any atom is -0.493 e. The van der Waals surface area contributed by atoms with Crippen molar-refractivity contribution < 1.29 is 14.3 Å². The molecule has 0 aromatic heterocycles. The van der Waals surface area contributed by atoms with Crippen LogP contribution in [-0.2, 0) is 4.79 Å². The molecule has 0 radical (unpaired) electrons. The maximum atomic E-state index is 12.4. The Balaban J connectivity index is 2.20. The highest BCUT2D eigenvalue weighted by molar-refractivity contribution is 6.14. The standard InChI is InChI=1S/C18H22N2O3/c1-20(2)19-10-9-14-6-7-15(18(14)21)11-13-5-8-16(22-3)17(12-13)23-4/h5,8-12H,6-7H2,1-4H3/b14-9+,15-11+,19-10-. The number of methoxy groups -OCH3 is 2. The number of hydrogen-bond acceptors (Lipinski definition) is 5. The largest absolute Gasteiger partial charge is 0.493 e. The summed E-state index contributed by atoms with van der Waals surface area (Å²) in [6, 6.07) is 5.62. The van der Waals surface area contributed by atoms with Gasteiger partial charge in [0.25, 0.3) is 0 Å². The van der Waals surface area contributed by atoms with Crippen molar-refractivity contribution in [3.63, 3.8) is 0 Å². The van der Waals surface area contributed by atoms with Crippen LogP contribution in [0.1, 0.15) is 18.4 Å². The predicted octanol–water partition coefficient (Wildman–Crippen LogP) is 2.92. The first-order valence-electron chi connectivity index (χ1n) is 7.43. The molecule has 1 aromatic rings. The van der Waals surface area contributed by atoms with Crippen LogP contribution in [0.25, 0.3) is 6.08 Å². The van der Waals surface area contributed by atoms with E-state index in [4.69, 9.17) is 9.47 Å². The van der Waals surface area contributed by atoms with Gasteiger partial charge in [0.05, 0.1) is 14.2 Å². The van der Waals surface area contributed by atoms with Gasteiger partial charge in [-0.1, -0.05) is 6.07 Å². The number of allylic oxidation sites excluding steroid dienone is 3. The molecule has 1 saturated carbocycles. The molecule has 1 aliphatic rings. The van der Waals surface area contributed by atoms with Gasteiger partial charge in [0, 0.05) is 31.5 Å². The first-order valence-corrected chi connectivity index (χ1v) is 7.43. The lowest BCUT2D eigenvalue weighted by atomic mass is 10.1. The second kappa shape index (κ2) is 7.63. The zero-order valence-electron chi connectivity index (χ0n) is 14.0. The zero-order valence-corrected chi connectivity index (χ0v) is 14.0. The number of Topliss-reactive ketones (excluding diaryl/α,β-unsaturated/α-hetero) is 1. The summed E-state index contributed by atoms with van der Waals surface area (Å²) in [4.78, 5) is 12.4. The van der Waals surface area contributed by atoms with E-state index in [0.717, 1.165) is 29.6 Å². The highest BCUT2D eigenvalue weighted by atomic mass is 16.5. The Labute approximate surface area is 136 Å².